The van der Waals surface area contributed by atoms with Crippen molar-refractivity contribution in [1.82, 2.24) is 5.32 Å². The zero-order valence-electron chi connectivity index (χ0n) is 7.84. The first-order valence-electron chi connectivity index (χ1n) is 4.97. The molecule has 2 N–H and O–H groups in total. The van der Waals surface area contributed by atoms with Gasteiger partial charge in [-0.1, -0.05) is 12.1 Å². The number of hydrogen-bond acceptors (Lipinski definition) is 2. The average Bonchev–Trinajstić information content (AvgIpc) is 2.18. The molecule has 0 saturated carbocycles. The molecule has 3 nitrogen and oxygen atoms in total. The van der Waals surface area contributed by atoms with Gasteiger partial charge in [0.15, 0.2) is 0 Å². The van der Waals surface area contributed by atoms with E-state index in [4.69, 9.17) is 0 Å². The molecule has 14 heavy (non-hydrogen) atoms. The van der Waals surface area contributed by atoms with Crippen LogP contribution < -0.4 is 10.6 Å². The number of carbonyl (C=O) groups is 1. The van der Waals surface area contributed by atoms with Crippen molar-refractivity contribution in [2.45, 2.75) is 18.9 Å². The third-order valence-corrected chi connectivity index (χ3v) is 3.02. The van der Waals surface area contributed by atoms with Crippen LogP contribution in [0.1, 0.15) is 23.5 Å². The Bertz CT molecular complexity index is 400. The Labute approximate surface area is 82.5 Å². The smallest absolute Gasteiger partial charge is 0.225 e. The van der Waals surface area contributed by atoms with E-state index in [0.717, 1.165) is 18.8 Å². The molecule has 0 aliphatic carbocycles. The molecule has 0 bridgehead atoms. The Morgan fingerprint density at radius 3 is 3.21 bits per heavy atom. The summed E-state index contributed by atoms with van der Waals surface area (Å²) in [7, 11) is 0. The molecular weight excluding hydrogens is 176 g/mol. The van der Waals surface area contributed by atoms with Crippen LogP contribution >= 0.6 is 0 Å². The highest BCUT2D eigenvalue weighted by molar-refractivity contribution is 5.95. The van der Waals surface area contributed by atoms with E-state index in [0.29, 0.717) is 12.3 Å². The van der Waals surface area contributed by atoms with E-state index in [1.165, 1.54) is 11.1 Å². The maximum atomic E-state index is 11.4. The van der Waals surface area contributed by atoms with Crippen LogP contribution in [0, 0.1) is 0 Å². The molecule has 0 fully saturated rings. The van der Waals surface area contributed by atoms with Crippen molar-refractivity contribution in [2.75, 3.05) is 11.9 Å². The summed E-state index contributed by atoms with van der Waals surface area (Å²) in [6, 6.07) is 6.13. The topological polar surface area (TPSA) is 41.1 Å². The fourth-order valence-corrected chi connectivity index (χ4v) is 2.44. The third kappa shape index (κ3) is 1.06. The highest BCUT2D eigenvalue weighted by Crippen LogP contribution is 2.36. The zero-order chi connectivity index (χ0) is 9.54. The van der Waals surface area contributed by atoms with Crippen LogP contribution in [-0.4, -0.2) is 12.5 Å². The molecule has 0 spiro atoms. The Kier molecular flexibility index (Phi) is 1.61. The predicted octanol–water partition coefficient (Wildman–Crippen LogP) is 1.22. The highest BCUT2D eigenvalue weighted by atomic mass is 16.1. The summed E-state index contributed by atoms with van der Waals surface area (Å²) in [6.07, 6.45) is 0.622. The van der Waals surface area contributed by atoms with E-state index < -0.39 is 0 Å². The molecule has 2 heterocycles. The van der Waals surface area contributed by atoms with Crippen molar-refractivity contribution in [3.63, 3.8) is 0 Å². The lowest BCUT2D eigenvalue weighted by Crippen LogP contribution is -2.34. The van der Waals surface area contributed by atoms with Crippen LogP contribution in [0.2, 0.25) is 0 Å². The van der Waals surface area contributed by atoms with E-state index in [1.54, 1.807) is 0 Å². The summed E-state index contributed by atoms with van der Waals surface area (Å²) < 4.78 is 0. The summed E-state index contributed by atoms with van der Waals surface area (Å²) in [6.45, 7) is 1.85. The Morgan fingerprint density at radius 1 is 1.36 bits per heavy atom. The molecule has 2 aliphatic rings. The lowest BCUT2D eigenvalue weighted by Gasteiger charge is -2.32. The minimum absolute atomic E-state index is 0.142. The number of hydrogen-bond donors (Lipinski definition) is 2. The van der Waals surface area contributed by atoms with E-state index >= 15 is 0 Å². The SMILES string of the molecule is O=C1CC2CNCc3cccc(c32)N1. The number of nitrogens with one attached hydrogen (secondary N) is 2. The zero-order valence-corrected chi connectivity index (χ0v) is 7.84. The van der Waals surface area contributed by atoms with Gasteiger partial charge in [0, 0.05) is 31.1 Å². The molecule has 1 amide bonds. The molecule has 1 aromatic rings. The lowest BCUT2D eigenvalue weighted by molar-refractivity contribution is -0.116. The van der Waals surface area contributed by atoms with Gasteiger partial charge >= 0.3 is 0 Å². The van der Waals surface area contributed by atoms with Crippen molar-refractivity contribution >= 4 is 11.6 Å². The second-order valence-electron chi connectivity index (χ2n) is 3.96. The molecule has 2 aliphatic heterocycles. The minimum atomic E-state index is 0.142. The number of carbonyl (C=O) groups excluding carboxylic acids is 1. The van der Waals surface area contributed by atoms with Crippen LogP contribution in [0.4, 0.5) is 5.69 Å². The second-order valence-corrected chi connectivity index (χ2v) is 3.96. The van der Waals surface area contributed by atoms with Gasteiger partial charge in [-0.15, -0.1) is 0 Å². The van der Waals surface area contributed by atoms with Gasteiger partial charge in [-0.2, -0.15) is 0 Å². The number of amides is 1. The predicted molar refractivity (Wildman–Crippen MR) is 54.1 cm³/mol. The van der Waals surface area contributed by atoms with E-state index in [9.17, 15) is 4.79 Å². The molecule has 0 aromatic heterocycles. The molecule has 72 valence electrons. The van der Waals surface area contributed by atoms with Crippen molar-refractivity contribution in [3.05, 3.63) is 29.3 Å². The summed E-state index contributed by atoms with van der Waals surface area (Å²) in [5.74, 6) is 0.520. The average molecular weight is 188 g/mol. The van der Waals surface area contributed by atoms with Crippen molar-refractivity contribution in [2.24, 2.45) is 0 Å². The summed E-state index contributed by atoms with van der Waals surface area (Å²) in [5.41, 5.74) is 3.70. The van der Waals surface area contributed by atoms with Crippen LogP contribution in [0.5, 0.6) is 0 Å². The Balaban J connectivity index is 2.18. The number of rotatable bonds is 0. The molecule has 1 unspecified atom stereocenters. The van der Waals surface area contributed by atoms with Crippen molar-refractivity contribution in [3.8, 4) is 0 Å². The maximum Gasteiger partial charge on any atom is 0.225 e. The fraction of sp³-hybridized carbons (Fsp3) is 0.364. The molecular formula is C11H12N2O. The van der Waals surface area contributed by atoms with Gasteiger partial charge in [0.05, 0.1) is 0 Å². The maximum absolute atomic E-state index is 11.4. The summed E-state index contributed by atoms with van der Waals surface area (Å²) in [5, 5.41) is 6.28. The third-order valence-electron chi connectivity index (χ3n) is 3.02. The van der Waals surface area contributed by atoms with Gasteiger partial charge in [0.1, 0.15) is 0 Å². The molecule has 1 aromatic carbocycles. The van der Waals surface area contributed by atoms with Gasteiger partial charge in [-0.3, -0.25) is 4.79 Å². The van der Waals surface area contributed by atoms with Crippen LogP contribution in [0.15, 0.2) is 18.2 Å². The van der Waals surface area contributed by atoms with Crippen LogP contribution in [0.3, 0.4) is 0 Å². The first kappa shape index (κ1) is 8.00. The first-order chi connectivity index (χ1) is 6.84. The molecule has 0 radical (unpaired) electrons. The summed E-state index contributed by atoms with van der Waals surface area (Å²) >= 11 is 0. The number of anilines is 1. The quantitative estimate of drug-likeness (QED) is 0.642. The molecule has 3 heteroatoms. The Morgan fingerprint density at radius 2 is 2.29 bits per heavy atom. The largest absolute Gasteiger partial charge is 0.326 e. The lowest BCUT2D eigenvalue weighted by atomic mass is 9.84. The van der Waals surface area contributed by atoms with Crippen molar-refractivity contribution < 1.29 is 4.79 Å². The summed E-state index contributed by atoms with van der Waals surface area (Å²) in [4.78, 5) is 11.4. The Hall–Kier alpha value is -1.35. The standard InChI is InChI=1S/C11H12N2O/c14-10-4-8-6-12-5-7-2-1-3-9(13-10)11(7)8/h1-3,8,12H,4-6H2,(H,13,14). The van der Waals surface area contributed by atoms with Gasteiger partial charge < -0.3 is 10.6 Å². The fourth-order valence-electron chi connectivity index (χ4n) is 2.44. The molecule has 3 rings (SSSR count). The first-order valence-corrected chi connectivity index (χ1v) is 4.97. The van der Waals surface area contributed by atoms with Gasteiger partial charge in [0.25, 0.3) is 0 Å². The second kappa shape index (κ2) is 2.82. The van der Waals surface area contributed by atoms with Gasteiger partial charge in [0.2, 0.25) is 5.91 Å². The van der Waals surface area contributed by atoms with Crippen molar-refractivity contribution in [1.29, 1.82) is 0 Å². The normalized spacial score (nSPS) is 24.0. The highest BCUT2D eigenvalue weighted by Gasteiger charge is 2.29. The molecule has 0 saturated heterocycles. The number of benzene rings is 1. The monoisotopic (exact) mass is 188 g/mol. The molecule has 1 atom stereocenters. The minimum Gasteiger partial charge on any atom is -0.326 e. The van der Waals surface area contributed by atoms with E-state index in [1.807, 2.05) is 12.1 Å². The van der Waals surface area contributed by atoms with E-state index in [-0.39, 0.29) is 5.91 Å². The van der Waals surface area contributed by atoms with E-state index in [2.05, 4.69) is 16.7 Å². The van der Waals surface area contributed by atoms with Crippen LogP contribution in [-0.2, 0) is 11.3 Å². The van der Waals surface area contributed by atoms with Gasteiger partial charge in [-0.25, -0.2) is 0 Å². The van der Waals surface area contributed by atoms with Gasteiger partial charge in [-0.05, 0) is 17.2 Å². The van der Waals surface area contributed by atoms with Crippen LogP contribution in [0.25, 0.3) is 0 Å².